The van der Waals surface area contributed by atoms with Crippen LogP contribution in [0.3, 0.4) is 0 Å². The number of amidine groups is 1. The first-order chi connectivity index (χ1) is 10.1. The molecule has 1 aliphatic rings. The summed E-state index contributed by atoms with van der Waals surface area (Å²) >= 11 is 0. The number of ether oxygens (including phenoxy) is 1. The zero-order valence-corrected chi connectivity index (χ0v) is 11.7. The van der Waals surface area contributed by atoms with Gasteiger partial charge in [-0.2, -0.15) is 8.42 Å². The fraction of sp³-hybridized carbons (Fsp3) is 0.0769. The van der Waals surface area contributed by atoms with Crippen molar-refractivity contribution in [3.8, 4) is 0 Å². The maximum atomic E-state index is 12.1. The summed E-state index contributed by atoms with van der Waals surface area (Å²) in [5.41, 5.74) is 1.16. The van der Waals surface area contributed by atoms with Crippen LogP contribution in [-0.2, 0) is 21.4 Å². The van der Waals surface area contributed by atoms with Crippen molar-refractivity contribution in [2.45, 2.75) is 11.5 Å². The van der Waals surface area contributed by atoms with Gasteiger partial charge < -0.3 is 4.74 Å². The molecular formula is C13H12N4O3S. The first-order valence-electron chi connectivity index (χ1n) is 6.08. The maximum Gasteiger partial charge on any atom is 0.323 e. The monoisotopic (exact) mass is 304 g/mol. The molecule has 0 spiro atoms. The normalized spacial score (nSPS) is 16.0. The van der Waals surface area contributed by atoms with E-state index in [2.05, 4.69) is 9.38 Å². The van der Waals surface area contributed by atoms with E-state index in [1.54, 1.807) is 0 Å². The summed E-state index contributed by atoms with van der Waals surface area (Å²) < 4.78 is 33.1. The van der Waals surface area contributed by atoms with Crippen molar-refractivity contribution in [1.82, 2.24) is 4.98 Å². The fourth-order valence-corrected chi connectivity index (χ4v) is 2.96. The number of hydrogen-bond acceptors (Lipinski definition) is 6. The van der Waals surface area contributed by atoms with Gasteiger partial charge in [0.15, 0.2) is 0 Å². The van der Waals surface area contributed by atoms with E-state index < -0.39 is 10.0 Å². The highest BCUT2D eigenvalue weighted by Crippen LogP contribution is 2.28. The van der Waals surface area contributed by atoms with E-state index in [4.69, 9.17) is 10.6 Å². The quantitative estimate of drug-likeness (QED) is 0.832. The lowest BCUT2D eigenvalue weighted by atomic mass is 10.2. The molecule has 2 aromatic rings. The topological polar surface area (TPSA) is 97.9 Å². The molecule has 1 aliphatic heterocycles. The molecule has 108 valence electrons. The molecule has 8 heteroatoms. The molecule has 7 nitrogen and oxygen atoms in total. The first kappa shape index (κ1) is 13.5. The van der Waals surface area contributed by atoms with Crippen molar-refractivity contribution in [2.24, 2.45) is 10.2 Å². The Labute approximate surface area is 121 Å². The van der Waals surface area contributed by atoms with Crippen molar-refractivity contribution < 1.29 is 13.2 Å². The summed E-state index contributed by atoms with van der Waals surface area (Å²) in [7, 11) is -3.85. The van der Waals surface area contributed by atoms with Gasteiger partial charge in [0.1, 0.15) is 11.5 Å². The van der Waals surface area contributed by atoms with E-state index in [1.165, 1.54) is 18.5 Å². The molecule has 0 amide bonds. The minimum Gasteiger partial charge on any atom is -0.458 e. The van der Waals surface area contributed by atoms with Gasteiger partial charge in [-0.25, -0.2) is 10.9 Å². The predicted molar refractivity (Wildman–Crippen MR) is 76.8 cm³/mol. The van der Waals surface area contributed by atoms with Crippen LogP contribution in [-0.4, -0.2) is 19.4 Å². The number of anilines is 1. The Kier molecular flexibility index (Phi) is 3.32. The Bertz CT molecular complexity index is 790. The van der Waals surface area contributed by atoms with Crippen LogP contribution in [0.4, 0.5) is 5.69 Å². The highest BCUT2D eigenvalue weighted by atomic mass is 32.2. The third-order valence-corrected chi connectivity index (χ3v) is 4.18. The smallest absolute Gasteiger partial charge is 0.323 e. The Morgan fingerprint density at radius 3 is 2.71 bits per heavy atom. The van der Waals surface area contributed by atoms with Gasteiger partial charge in [0.2, 0.25) is 0 Å². The van der Waals surface area contributed by atoms with Crippen molar-refractivity contribution in [1.29, 1.82) is 0 Å². The molecule has 0 saturated carbocycles. The molecule has 2 N–H and O–H groups in total. The third-order valence-electron chi connectivity index (χ3n) is 2.92. The summed E-state index contributed by atoms with van der Waals surface area (Å²) in [6.45, 7) is 0.170. The second-order valence-electron chi connectivity index (χ2n) is 4.34. The Hall–Kier alpha value is -2.45. The Morgan fingerprint density at radius 1 is 1.19 bits per heavy atom. The highest BCUT2D eigenvalue weighted by Gasteiger charge is 2.30. The fourth-order valence-electron chi connectivity index (χ4n) is 1.89. The van der Waals surface area contributed by atoms with Crippen LogP contribution in [0.15, 0.2) is 58.1 Å². The Morgan fingerprint density at radius 2 is 1.95 bits per heavy atom. The number of hydrogen-bond donors (Lipinski definition) is 1. The molecule has 2 heterocycles. The van der Waals surface area contributed by atoms with Gasteiger partial charge in [0.25, 0.3) is 10.0 Å². The second kappa shape index (κ2) is 5.15. The molecule has 1 aromatic heterocycles. The standard InChI is InChI=1S/C13H12N4O3S/c14-17-11-6-7-15-8-12(11)21(18,19)16-13(17)20-9-10-4-2-1-3-5-10/h1-8H,9,14H2. The molecule has 0 fully saturated rings. The first-order valence-corrected chi connectivity index (χ1v) is 7.52. The number of nitrogens with zero attached hydrogens (tertiary/aromatic N) is 3. The zero-order valence-electron chi connectivity index (χ0n) is 10.9. The summed E-state index contributed by atoms with van der Waals surface area (Å²) in [4.78, 5) is 3.73. The number of aromatic nitrogens is 1. The average Bonchev–Trinajstić information content (AvgIpc) is 2.51. The number of nitrogens with two attached hydrogens (primary N) is 1. The minimum absolute atomic E-state index is 0.0421. The number of rotatable bonds is 2. The summed E-state index contributed by atoms with van der Waals surface area (Å²) in [6.07, 6.45) is 2.66. The van der Waals surface area contributed by atoms with Crippen LogP contribution in [0.5, 0.6) is 0 Å². The van der Waals surface area contributed by atoms with Gasteiger partial charge in [-0.05, 0) is 11.6 Å². The molecule has 0 bridgehead atoms. The summed E-state index contributed by atoms with van der Waals surface area (Å²) in [6, 6.07) is 10.6. The molecular weight excluding hydrogens is 292 g/mol. The summed E-state index contributed by atoms with van der Waals surface area (Å²) in [5.74, 6) is 5.86. The molecule has 1 aromatic carbocycles. The highest BCUT2D eigenvalue weighted by molar-refractivity contribution is 7.90. The van der Waals surface area contributed by atoms with Crippen molar-refractivity contribution >= 4 is 21.7 Å². The lowest BCUT2D eigenvalue weighted by molar-refractivity contribution is 0.284. The van der Waals surface area contributed by atoms with Crippen molar-refractivity contribution in [2.75, 3.05) is 5.01 Å². The molecule has 21 heavy (non-hydrogen) atoms. The van der Waals surface area contributed by atoms with Gasteiger partial charge in [-0.15, -0.1) is 4.40 Å². The third kappa shape index (κ3) is 2.58. The second-order valence-corrected chi connectivity index (χ2v) is 5.91. The molecule has 0 atom stereocenters. The number of fused-ring (bicyclic) bond motifs is 1. The van der Waals surface area contributed by atoms with E-state index >= 15 is 0 Å². The molecule has 0 radical (unpaired) electrons. The van der Waals surface area contributed by atoms with Crippen LogP contribution >= 0.6 is 0 Å². The van der Waals surface area contributed by atoms with Gasteiger partial charge in [-0.3, -0.25) is 4.98 Å². The molecule has 0 unspecified atom stereocenters. The van der Waals surface area contributed by atoms with Gasteiger partial charge >= 0.3 is 6.02 Å². The maximum absolute atomic E-state index is 12.1. The predicted octanol–water partition coefficient (Wildman–Crippen LogP) is 1.04. The molecule has 0 saturated heterocycles. The van der Waals surface area contributed by atoms with E-state index in [0.29, 0.717) is 0 Å². The van der Waals surface area contributed by atoms with Crippen molar-refractivity contribution in [3.63, 3.8) is 0 Å². The number of benzene rings is 1. The Balaban J connectivity index is 1.89. The van der Waals surface area contributed by atoms with E-state index in [0.717, 1.165) is 10.6 Å². The van der Waals surface area contributed by atoms with Crippen LogP contribution < -0.4 is 10.9 Å². The van der Waals surface area contributed by atoms with Crippen LogP contribution in [0.1, 0.15) is 5.56 Å². The lowest BCUT2D eigenvalue weighted by Crippen LogP contribution is -2.42. The van der Waals surface area contributed by atoms with E-state index in [9.17, 15) is 8.42 Å². The SMILES string of the molecule is NN1C(OCc2ccccc2)=NS(=O)(=O)c2cnccc21. The molecule has 3 rings (SSSR count). The van der Waals surface area contributed by atoms with Gasteiger partial charge in [0.05, 0.1) is 5.69 Å². The van der Waals surface area contributed by atoms with Gasteiger partial charge in [-0.1, -0.05) is 30.3 Å². The van der Waals surface area contributed by atoms with E-state index in [-0.39, 0.29) is 23.2 Å². The van der Waals surface area contributed by atoms with Crippen LogP contribution in [0.2, 0.25) is 0 Å². The van der Waals surface area contributed by atoms with E-state index in [1.807, 2.05) is 30.3 Å². The minimum atomic E-state index is -3.85. The molecule has 0 aliphatic carbocycles. The number of hydrazine groups is 1. The largest absolute Gasteiger partial charge is 0.458 e. The average molecular weight is 304 g/mol. The van der Waals surface area contributed by atoms with Crippen molar-refractivity contribution in [3.05, 3.63) is 54.4 Å². The van der Waals surface area contributed by atoms with Crippen LogP contribution in [0, 0.1) is 0 Å². The van der Waals surface area contributed by atoms with Gasteiger partial charge in [0, 0.05) is 12.4 Å². The number of sulfonamides is 1. The number of pyridine rings is 1. The lowest BCUT2D eigenvalue weighted by Gasteiger charge is -2.25. The zero-order chi connectivity index (χ0) is 14.9. The summed E-state index contributed by atoms with van der Waals surface area (Å²) in [5, 5.41) is 1.10. The van der Waals surface area contributed by atoms with Crippen LogP contribution in [0.25, 0.3) is 0 Å².